The van der Waals surface area contributed by atoms with Crippen LogP contribution in [0.1, 0.15) is 45.4 Å². The molecule has 1 aliphatic heterocycles. The Balaban J connectivity index is 1.83. The van der Waals surface area contributed by atoms with Gasteiger partial charge < -0.3 is 4.98 Å². The monoisotopic (exact) mass is 319 g/mol. The van der Waals surface area contributed by atoms with Gasteiger partial charge in [0, 0.05) is 6.42 Å². The van der Waals surface area contributed by atoms with Gasteiger partial charge in [0.25, 0.3) is 11.8 Å². The molecule has 1 aromatic heterocycles. The average molecular weight is 319 g/mol. The molecule has 5 heteroatoms. The van der Waals surface area contributed by atoms with Crippen LogP contribution in [0.2, 0.25) is 0 Å². The number of aromatic amines is 1. The number of hydrogen-bond donors (Lipinski definition) is 1. The molecule has 0 saturated carbocycles. The molecule has 0 unspecified atom stereocenters. The van der Waals surface area contributed by atoms with Crippen molar-refractivity contribution >= 4 is 28.5 Å². The maximum absolute atomic E-state index is 12.6. The first-order valence-electron chi connectivity index (χ1n) is 8.07. The van der Waals surface area contributed by atoms with E-state index in [4.69, 9.17) is 0 Å². The summed E-state index contributed by atoms with van der Waals surface area (Å²) in [5.41, 5.74) is 4.17. The number of aromatic nitrogens is 2. The average Bonchev–Trinajstić information content (AvgIpc) is 3.08. The van der Waals surface area contributed by atoms with Crippen molar-refractivity contribution in [3.63, 3.8) is 0 Å². The Bertz CT molecular complexity index is 952. The third-order valence-electron chi connectivity index (χ3n) is 4.35. The number of carbonyl (C=O) groups is 2. The van der Waals surface area contributed by atoms with Crippen molar-refractivity contribution in [2.24, 2.45) is 0 Å². The van der Waals surface area contributed by atoms with Gasteiger partial charge in [0.05, 0.1) is 27.8 Å². The fraction of sp³-hybridized carbons (Fsp3) is 0.211. The van der Waals surface area contributed by atoms with Gasteiger partial charge in [0.1, 0.15) is 5.82 Å². The van der Waals surface area contributed by atoms with Gasteiger partial charge in [-0.2, -0.15) is 0 Å². The van der Waals surface area contributed by atoms with Crippen LogP contribution in [0.3, 0.4) is 0 Å². The summed E-state index contributed by atoms with van der Waals surface area (Å²) in [5.74, 6) is 0.375. The summed E-state index contributed by atoms with van der Waals surface area (Å²) >= 11 is 0. The molecule has 0 atom stereocenters. The second-order valence-electron chi connectivity index (χ2n) is 6.08. The van der Waals surface area contributed by atoms with E-state index in [9.17, 15) is 9.59 Å². The van der Waals surface area contributed by atoms with Crippen LogP contribution in [0, 0.1) is 6.92 Å². The molecule has 24 heavy (non-hydrogen) atoms. The van der Waals surface area contributed by atoms with E-state index >= 15 is 0 Å². The Morgan fingerprint density at radius 1 is 1.08 bits per heavy atom. The third-order valence-corrected chi connectivity index (χ3v) is 4.35. The quantitative estimate of drug-likeness (QED) is 0.750. The minimum Gasteiger partial charge on any atom is -0.342 e. The molecule has 0 saturated heterocycles. The summed E-state index contributed by atoms with van der Waals surface area (Å²) in [6.07, 6.45) is 1.88. The van der Waals surface area contributed by atoms with Crippen LogP contribution in [0.25, 0.3) is 11.0 Å². The summed E-state index contributed by atoms with van der Waals surface area (Å²) in [5, 5.41) is 0. The standard InChI is InChI=1S/C19H17N3O2/c1-3-6-16-20-15-10-12(9-11(2)17(15)21-16)22-18(23)13-7-4-5-8-14(13)19(22)24/h4-5,7-10H,3,6H2,1-2H3,(H,20,21). The zero-order chi connectivity index (χ0) is 16.8. The normalized spacial score (nSPS) is 13.8. The molecule has 4 rings (SSSR count). The predicted molar refractivity (Wildman–Crippen MR) is 92.4 cm³/mol. The largest absolute Gasteiger partial charge is 0.342 e. The Labute approximate surface area is 139 Å². The summed E-state index contributed by atoms with van der Waals surface area (Å²) in [7, 11) is 0. The van der Waals surface area contributed by atoms with E-state index in [1.165, 1.54) is 4.90 Å². The molecular weight excluding hydrogens is 302 g/mol. The number of nitrogens with one attached hydrogen (secondary N) is 1. The first-order valence-corrected chi connectivity index (χ1v) is 8.07. The second kappa shape index (κ2) is 5.30. The molecule has 0 aliphatic carbocycles. The van der Waals surface area contributed by atoms with Gasteiger partial charge in [-0.15, -0.1) is 0 Å². The number of rotatable bonds is 3. The van der Waals surface area contributed by atoms with E-state index in [0.29, 0.717) is 16.8 Å². The van der Waals surface area contributed by atoms with E-state index < -0.39 is 0 Å². The maximum atomic E-state index is 12.6. The van der Waals surface area contributed by atoms with Crippen molar-refractivity contribution in [2.75, 3.05) is 4.90 Å². The molecule has 2 heterocycles. The van der Waals surface area contributed by atoms with E-state index in [2.05, 4.69) is 16.9 Å². The molecule has 1 N–H and O–H groups in total. The number of hydrogen-bond acceptors (Lipinski definition) is 3. The zero-order valence-electron chi connectivity index (χ0n) is 13.6. The lowest BCUT2D eigenvalue weighted by Crippen LogP contribution is -2.29. The van der Waals surface area contributed by atoms with Crippen LogP contribution in [-0.4, -0.2) is 21.8 Å². The number of amides is 2. The number of H-pyrrole nitrogens is 1. The highest BCUT2D eigenvalue weighted by Crippen LogP contribution is 2.31. The smallest absolute Gasteiger partial charge is 0.266 e. The molecule has 0 radical (unpaired) electrons. The van der Waals surface area contributed by atoms with Crippen LogP contribution in [0.15, 0.2) is 36.4 Å². The van der Waals surface area contributed by atoms with Gasteiger partial charge in [-0.25, -0.2) is 9.88 Å². The Morgan fingerprint density at radius 2 is 1.75 bits per heavy atom. The van der Waals surface area contributed by atoms with E-state index in [1.807, 2.05) is 19.1 Å². The SMILES string of the molecule is CCCc1nc2c(C)cc(N3C(=O)c4ccccc4C3=O)cc2[nH]1. The van der Waals surface area contributed by atoms with Crippen LogP contribution >= 0.6 is 0 Å². The highest BCUT2D eigenvalue weighted by atomic mass is 16.2. The number of anilines is 1. The number of fused-ring (bicyclic) bond motifs is 2. The van der Waals surface area contributed by atoms with E-state index in [0.717, 1.165) is 35.3 Å². The molecule has 3 aromatic rings. The molecule has 0 fully saturated rings. The lowest BCUT2D eigenvalue weighted by molar-refractivity contribution is 0.0926. The topological polar surface area (TPSA) is 66.1 Å². The highest BCUT2D eigenvalue weighted by molar-refractivity contribution is 6.34. The number of imidazole rings is 1. The van der Waals surface area contributed by atoms with Gasteiger partial charge in [-0.05, 0) is 43.2 Å². The van der Waals surface area contributed by atoms with Crippen LogP contribution in [-0.2, 0) is 6.42 Å². The maximum Gasteiger partial charge on any atom is 0.266 e. The Hall–Kier alpha value is -2.95. The van der Waals surface area contributed by atoms with Gasteiger partial charge >= 0.3 is 0 Å². The lowest BCUT2D eigenvalue weighted by atomic mass is 10.1. The Morgan fingerprint density at radius 3 is 2.38 bits per heavy atom. The molecule has 2 amide bonds. The molecular formula is C19H17N3O2. The van der Waals surface area contributed by atoms with Crippen LogP contribution < -0.4 is 4.90 Å². The highest BCUT2D eigenvalue weighted by Gasteiger charge is 2.36. The van der Waals surface area contributed by atoms with Crippen molar-refractivity contribution in [1.29, 1.82) is 0 Å². The van der Waals surface area contributed by atoms with Crippen molar-refractivity contribution in [2.45, 2.75) is 26.7 Å². The summed E-state index contributed by atoms with van der Waals surface area (Å²) in [6.45, 7) is 4.05. The number of imide groups is 1. The zero-order valence-corrected chi connectivity index (χ0v) is 13.6. The first-order chi connectivity index (χ1) is 11.6. The fourth-order valence-corrected chi connectivity index (χ4v) is 3.23. The van der Waals surface area contributed by atoms with Gasteiger partial charge in [0.15, 0.2) is 0 Å². The third kappa shape index (κ3) is 2.05. The fourth-order valence-electron chi connectivity index (χ4n) is 3.23. The first kappa shape index (κ1) is 14.6. The van der Waals surface area contributed by atoms with E-state index in [-0.39, 0.29) is 11.8 Å². The minimum absolute atomic E-state index is 0.275. The van der Waals surface area contributed by atoms with Crippen molar-refractivity contribution < 1.29 is 9.59 Å². The van der Waals surface area contributed by atoms with Crippen molar-refractivity contribution in [3.05, 3.63) is 58.9 Å². The number of nitrogens with zero attached hydrogens (tertiary/aromatic N) is 2. The van der Waals surface area contributed by atoms with E-state index in [1.54, 1.807) is 24.3 Å². The Kier molecular flexibility index (Phi) is 3.23. The number of aryl methyl sites for hydroxylation is 2. The molecule has 0 spiro atoms. The van der Waals surface area contributed by atoms with Crippen molar-refractivity contribution in [1.82, 2.24) is 9.97 Å². The second-order valence-corrected chi connectivity index (χ2v) is 6.08. The summed E-state index contributed by atoms with van der Waals surface area (Å²) < 4.78 is 0. The molecule has 120 valence electrons. The predicted octanol–water partition coefficient (Wildman–Crippen LogP) is 3.62. The van der Waals surface area contributed by atoms with Crippen LogP contribution in [0.5, 0.6) is 0 Å². The lowest BCUT2D eigenvalue weighted by Gasteiger charge is -2.14. The number of carbonyl (C=O) groups excluding carboxylic acids is 2. The summed E-state index contributed by atoms with van der Waals surface area (Å²) in [6, 6.07) is 10.6. The molecule has 1 aliphatic rings. The van der Waals surface area contributed by atoms with Crippen LogP contribution in [0.4, 0.5) is 5.69 Å². The molecule has 2 aromatic carbocycles. The number of benzene rings is 2. The van der Waals surface area contributed by atoms with Crippen molar-refractivity contribution in [3.8, 4) is 0 Å². The van der Waals surface area contributed by atoms with Gasteiger partial charge in [-0.1, -0.05) is 19.1 Å². The summed E-state index contributed by atoms with van der Waals surface area (Å²) in [4.78, 5) is 34.4. The van der Waals surface area contributed by atoms with Gasteiger partial charge in [0.2, 0.25) is 0 Å². The molecule has 0 bridgehead atoms. The molecule has 5 nitrogen and oxygen atoms in total. The van der Waals surface area contributed by atoms with Gasteiger partial charge in [-0.3, -0.25) is 9.59 Å². The minimum atomic E-state index is -0.275.